The van der Waals surface area contributed by atoms with E-state index >= 15 is 0 Å². The molecule has 2 rings (SSSR count). The summed E-state index contributed by atoms with van der Waals surface area (Å²) in [4.78, 5) is 4.92. The summed E-state index contributed by atoms with van der Waals surface area (Å²) in [5, 5.41) is 0. The van der Waals surface area contributed by atoms with Gasteiger partial charge in [-0.1, -0.05) is 12.1 Å². The van der Waals surface area contributed by atoms with E-state index in [9.17, 15) is 0 Å². The van der Waals surface area contributed by atoms with Gasteiger partial charge in [0.05, 0.1) is 7.11 Å². The molecule has 1 aromatic rings. The van der Waals surface area contributed by atoms with Crippen molar-refractivity contribution >= 4 is 0 Å². The third-order valence-corrected chi connectivity index (χ3v) is 3.90. The Morgan fingerprint density at radius 3 is 2.63 bits per heavy atom. The van der Waals surface area contributed by atoms with Crippen LogP contribution in [0, 0.1) is 0 Å². The van der Waals surface area contributed by atoms with E-state index in [-0.39, 0.29) is 0 Å². The maximum absolute atomic E-state index is 5.80. The van der Waals surface area contributed by atoms with Crippen LogP contribution < -0.4 is 10.5 Å². The van der Waals surface area contributed by atoms with Crippen LogP contribution >= 0.6 is 0 Å². The minimum absolute atomic E-state index is 0.411. The van der Waals surface area contributed by atoms with Crippen LogP contribution in [0.15, 0.2) is 24.3 Å². The van der Waals surface area contributed by atoms with Gasteiger partial charge in [-0.05, 0) is 37.7 Å². The zero-order chi connectivity index (χ0) is 13.7. The van der Waals surface area contributed by atoms with Crippen molar-refractivity contribution in [3.8, 4) is 5.75 Å². The van der Waals surface area contributed by atoms with Crippen LogP contribution in [-0.4, -0.2) is 56.7 Å². The summed E-state index contributed by atoms with van der Waals surface area (Å²) in [6.07, 6.45) is 0.997. The summed E-state index contributed by atoms with van der Waals surface area (Å²) in [6, 6.07) is 8.79. The Morgan fingerprint density at radius 2 is 2.00 bits per heavy atom. The molecular weight excluding hydrogens is 238 g/mol. The number of hydrogen-bond donors (Lipinski definition) is 1. The Morgan fingerprint density at radius 1 is 1.26 bits per heavy atom. The molecule has 1 unspecified atom stereocenters. The van der Waals surface area contributed by atoms with E-state index in [0.717, 1.165) is 38.3 Å². The normalized spacial score (nSPS) is 19.3. The van der Waals surface area contributed by atoms with Crippen molar-refractivity contribution < 1.29 is 4.74 Å². The molecule has 106 valence electrons. The predicted octanol–water partition coefficient (Wildman–Crippen LogP) is 1.33. The number of benzene rings is 1. The van der Waals surface area contributed by atoms with Gasteiger partial charge in [-0.15, -0.1) is 0 Å². The third kappa shape index (κ3) is 3.69. The number of nitrogens with two attached hydrogens (primary N) is 1. The van der Waals surface area contributed by atoms with E-state index in [0.29, 0.717) is 12.6 Å². The van der Waals surface area contributed by atoms with Crippen LogP contribution in [0.1, 0.15) is 18.0 Å². The molecule has 1 aliphatic heterocycles. The molecule has 1 saturated heterocycles. The summed E-state index contributed by atoms with van der Waals surface area (Å²) in [6.45, 7) is 5.20. The summed E-state index contributed by atoms with van der Waals surface area (Å²) in [5.74, 6) is 0.925. The SMILES string of the molecule is COc1cccc(C(CCN)N2CCN(C)CC2)c1. The summed E-state index contributed by atoms with van der Waals surface area (Å²) in [7, 11) is 3.90. The number of nitrogens with zero attached hydrogens (tertiary/aromatic N) is 2. The van der Waals surface area contributed by atoms with Gasteiger partial charge in [0.1, 0.15) is 5.75 Å². The number of rotatable bonds is 5. The van der Waals surface area contributed by atoms with Crippen LogP contribution in [0.4, 0.5) is 0 Å². The zero-order valence-electron chi connectivity index (χ0n) is 12.0. The minimum atomic E-state index is 0.411. The fourth-order valence-electron chi connectivity index (χ4n) is 2.70. The summed E-state index contributed by atoms with van der Waals surface area (Å²) < 4.78 is 5.33. The molecule has 1 fully saturated rings. The molecule has 19 heavy (non-hydrogen) atoms. The first-order valence-electron chi connectivity index (χ1n) is 7.01. The quantitative estimate of drug-likeness (QED) is 0.870. The molecule has 1 atom stereocenters. The molecule has 1 heterocycles. The Bertz CT molecular complexity index is 389. The highest BCUT2D eigenvalue weighted by molar-refractivity contribution is 5.30. The van der Waals surface area contributed by atoms with Gasteiger partial charge in [0.25, 0.3) is 0 Å². The smallest absolute Gasteiger partial charge is 0.119 e. The topological polar surface area (TPSA) is 41.7 Å². The molecule has 0 saturated carbocycles. The van der Waals surface area contributed by atoms with Gasteiger partial charge in [0.15, 0.2) is 0 Å². The lowest BCUT2D eigenvalue weighted by Gasteiger charge is -2.38. The fraction of sp³-hybridized carbons (Fsp3) is 0.600. The highest BCUT2D eigenvalue weighted by Crippen LogP contribution is 2.27. The number of hydrogen-bond acceptors (Lipinski definition) is 4. The minimum Gasteiger partial charge on any atom is -0.497 e. The fourth-order valence-corrected chi connectivity index (χ4v) is 2.70. The first-order chi connectivity index (χ1) is 9.24. The lowest BCUT2D eigenvalue weighted by molar-refractivity contribution is 0.108. The third-order valence-electron chi connectivity index (χ3n) is 3.90. The molecule has 0 spiro atoms. The highest BCUT2D eigenvalue weighted by atomic mass is 16.5. The van der Waals surface area contributed by atoms with Crippen LogP contribution in [-0.2, 0) is 0 Å². The maximum Gasteiger partial charge on any atom is 0.119 e. The van der Waals surface area contributed by atoms with Crippen LogP contribution in [0.2, 0.25) is 0 Å². The molecule has 0 aliphatic carbocycles. The van der Waals surface area contributed by atoms with E-state index in [1.807, 2.05) is 6.07 Å². The molecule has 0 amide bonds. The molecule has 1 aliphatic rings. The molecule has 1 aromatic carbocycles. The molecule has 0 aromatic heterocycles. The van der Waals surface area contributed by atoms with E-state index in [2.05, 4.69) is 35.0 Å². The standard InChI is InChI=1S/C15H25N3O/c1-17-8-10-18(11-9-17)15(6-7-16)13-4-3-5-14(12-13)19-2/h3-5,12,15H,6-11,16H2,1-2H3. The van der Waals surface area contributed by atoms with Crippen molar-refractivity contribution in [3.63, 3.8) is 0 Å². The van der Waals surface area contributed by atoms with Crippen molar-refractivity contribution in [1.82, 2.24) is 9.80 Å². The first-order valence-corrected chi connectivity index (χ1v) is 7.01. The summed E-state index contributed by atoms with van der Waals surface area (Å²) >= 11 is 0. The second-order valence-corrected chi connectivity index (χ2v) is 5.21. The van der Waals surface area contributed by atoms with Gasteiger partial charge in [0.2, 0.25) is 0 Å². The second kappa shape index (κ2) is 6.89. The van der Waals surface area contributed by atoms with Crippen molar-refractivity contribution in [2.75, 3.05) is 46.9 Å². The number of ether oxygens (including phenoxy) is 1. The molecule has 4 heteroatoms. The largest absolute Gasteiger partial charge is 0.497 e. The second-order valence-electron chi connectivity index (χ2n) is 5.21. The van der Waals surface area contributed by atoms with E-state index in [4.69, 9.17) is 10.5 Å². The highest BCUT2D eigenvalue weighted by Gasteiger charge is 2.23. The summed E-state index contributed by atoms with van der Waals surface area (Å²) in [5.41, 5.74) is 7.12. The van der Waals surface area contributed by atoms with Crippen molar-refractivity contribution in [2.24, 2.45) is 5.73 Å². The Hall–Kier alpha value is -1.10. The van der Waals surface area contributed by atoms with Crippen molar-refractivity contribution in [3.05, 3.63) is 29.8 Å². The average Bonchev–Trinajstić information content (AvgIpc) is 2.46. The van der Waals surface area contributed by atoms with E-state index in [1.165, 1.54) is 5.56 Å². The van der Waals surface area contributed by atoms with Gasteiger partial charge >= 0.3 is 0 Å². The van der Waals surface area contributed by atoms with Crippen LogP contribution in [0.5, 0.6) is 5.75 Å². The van der Waals surface area contributed by atoms with Gasteiger partial charge in [-0.2, -0.15) is 0 Å². The number of methoxy groups -OCH3 is 1. The number of likely N-dealkylation sites (N-methyl/N-ethyl adjacent to an activating group) is 1. The Labute approximate surface area is 116 Å². The van der Waals surface area contributed by atoms with Crippen LogP contribution in [0.25, 0.3) is 0 Å². The maximum atomic E-state index is 5.80. The van der Waals surface area contributed by atoms with Gasteiger partial charge < -0.3 is 15.4 Å². The van der Waals surface area contributed by atoms with Gasteiger partial charge in [-0.25, -0.2) is 0 Å². The molecule has 0 radical (unpaired) electrons. The number of piperazine rings is 1. The Balaban J connectivity index is 2.14. The predicted molar refractivity (Wildman–Crippen MR) is 78.5 cm³/mol. The molecular formula is C15H25N3O. The monoisotopic (exact) mass is 263 g/mol. The lowest BCUT2D eigenvalue weighted by atomic mass is 10.0. The van der Waals surface area contributed by atoms with E-state index < -0.39 is 0 Å². The van der Waals surface area contributed by atoms with Gasteiger partial charge in [-0.3, -0.25) is 4.90 Å². The molecule has 4 nitrogen and oxygen atoms in total. The van der Waals surface area contributed by atoms with Crippen molar-refractivity contribution in [2.45, 2.75) is 12.5 Å². The van der Waals surface area contributed by atoms with Crippen LogP contribution in [0.3, 0.4) is 0 Å². The lowest BCUT2D eigenvalue weighted by Crippen LogP contribution is -2.46. The zero-order valence-corrected chi connectivity index (χ0v) is 12.0. The first kappa shape index (κ1) is 14.3. The van der Waals surface area contributed by atoms with Crippen molar-refractivity contribution in [1.29, 1.82) is 0 Å². The molecule has 0 bridgehead atoms. The molecule has 2 N–H and O–H groups in total. The Kier molecular flexibility index (Phi) is 5.19. The van der Waals surface area contributed by atoms with E-state index in [1.54, 1.807) is 7.11 Å². The van der Waals surface area contributed by atoms with Gasteiger partial charge in [0, 0.05) is 32.2 Å². The average molecular weight is 263 g/mol.